The van der Waals surface area contributed by atoms with E-state index in [2.05, 4.69) is 36.4 Å². The Morgan fingerprint density at radius 1 is 0.667 bits per heavy atom. The van der Waals surface area contributed by atoms with Gasteiger partial charge in [-0.25, -0.2) is 0 Å². The number of hydrogen-bond donors (Lipinski definition) is 1. The van der Waals surface area contributed by atoms with Crippen LogP contribution in [-0.2, 0) is 6.42 Å². The number of fused-ring (bicyclic) bond motifs is 2. The van der Waals surface area contributed by atoms with E-state index in [0.29, 0.717) is 5.56 Å². The molecule has 0 fully saturated rings. The molecular formula is C28H20O2. The molecule has 1 N–H and O–H groups in total. The van der Waals surface area contributed by atoms with Crippen LogP contribution in [0.2, 0.25) is 0 Å². The maximum atomic E-state index is 11.7. The highest BCUT2D eigenvalue weighted by Crippen LogP contribution is 2.44. The number of carbonyl (C=O) groups is 1. The van der Waals surface area contributed by atoms with Gasteiger partial charge in [-0.1, -0.05) is 91.0 Å². The molecule has 0 bridgehead atoms. The van der Waals surface area contributed by atoms with E-state index in [9.17, 15) is 9.90 Å². The summed E-state index contributed by atoms with van der Waals surface area (Å²) in [7, 11) is 0. The zero-order valence-electron chi connectivity index (χ0n) is 16.4. The lowest BCUT2D eigenvalue weighted by Gasteiger charge is -2.18. The fourth-order valence-electron chi connectivity index (χ4n) is 4.28. The van der Waals surface area contributed by atoms with Crippen LogP contribution in [0.3, 0.4) is 0 Å². The van der Waals surface area contributed by atoms with Crippen LogP contribution in [-0.4, -0.2) is 11.4 Å². The average Bonchev–Trinajstić information content (AvgIpc) is 2.80. The van der Waals surface area contributed by atoms with Crippen LogP contribution in [0.1, 0.15) is 21.5 Å². The fourth-order valence-corrected chi connectivity index (χ4v) is 4.28. The van der Waals surface area contributed by atoms with Crippen molar-refractivity contribution in [3.8, 4) is 16.9 Å². The van der Waals surface area contributed by atoms with E-state index in [1.807, 2.05) is 54.6 Å². The standard InChI is InChI=1S/C28H20O2/c29-18-23-17-21-11-5-7-13-25(21)27(28(23)30)26-22(16-19-8-2-1-3-9-19)15-14-20-10-4-6-12-24(20)26/h1-15,17-18,30H,16H2. The predicted molar refractivity (Wildman–Crippen MR) is 123 cm³/mol. The van der Waals surface area contributed by atoms with Crippen LogP contribution in [0, 0.1) is 0 Å². The summed E-state index contributed by atoms with van der Waals surface area (Å²) in [6.45, 7) is 0. The lowest BCUT2D eigenvalue weighted by atomic mass is 9.86. The quantitative estimate of drug-likeness (QED) is 0.345. The summed E-state index contributed by atoms with van der Waals surface area (Å²) in [5.74, 6) is 0.0364. The van der Waals surface area contributed by atoms with Gasteiger partial charge in [0.2, 0.25) is 0 Å². The van der Waals surface area contributed by atoms with Gasteiger partial charge < -0.3 is 5.11 Å². The van der Waals surface area contributed by atoms with Gasteiger partial charge in [0.15, 0.2) is 6.29 Å². The number of rotatable bonds is 4. The van der Waals surface area contributed by atoms with Gasteiger partial charge >= 0.3 is 0 Å². The van der Waals surface area contributed by atoms with Crippen molar-refractivity contribution in [3.05, 3.63) is 114 Å². The fraction of sp³-hybridized carbons (Fsp3) is 0.0357. The molecule has 0 aliphatic rings. The van der Waals surface area contributed by atoms with Gasteiger partial charge in [-0.3, -0.25) is 4.79 Å². The lowest BCUT2D eigenvalue weighted by molar-refractivity contribution is 0.112. The van der Waals surface area contributed by atoms with Crippen LogP contribution >= 0.6 is 0 Å². The molecule has 0 heterocycles. The van der Waals surface area contributed by atoms with E-state index in [0.717, 1.165) is 50.9 Å². The van der Waals surface area contributed by atoms with Gasteiger partial charge in [0.25, 0.3) is 0 Å². The summed E-state index contributed by atoms with van der Waals surface area (Å²) < 4.78 is 0. The normalized spacial score (nSPS) is 11.1. The Balaban J connectivity index is 1.90. The predicted octanol–water partition coefficient (Wildman–Crippen LogP) is 6.77. The molecule has 0 aliphatic heterocycles. The molecule has 0 amide bonds. The molecule has 0 radical (unpaired) electrons. The van der Waals surface area contributed by atoms with Crippen LogP contribution in [0.4, 0.5) is 0 Å². The Kier molecular flexibility index (Phi) is 4.53. The van der Waals surface area contributed by atoms with Crippen molar-refractivity contribution in [2.45, 2.75) is 6.42 Å². The molecule has 5 aromatic rings. The van der Waals surface area contributed by atoms with Gasteiger partial charge in [0.1, 0.15) is 5.75 Å². The molecule has 2 nitrogen and oxygen atoms in total. The number of hydrogen-bond acceptors (Lipinski definition) is 2. The largest absolute Gasteiger partial charge is 0.507 e. The third-order valence-electron chi connectivity index (χ3n) is 5.68. The molecule has 0 saturated carbocycles. The van der Waals surface area contributed by atoms with Crippen molar-refractivity contribution < 1.29 is 9.90 Å². The number of carbonyl (C=O) groups excluding carboxylic acids is 1. The molecule has 30 heavy (non-hydrogen) atoms. The summed E-state index contributed by atoms with van der Waals surface area (Å²) in [6, 6.07) is 32.4. The van der Waals surface area contributed by atoms with E-state index in [-0.39, 0.29) is 5.75 Å². The molecule has 0 unspecified atom stereocenters. The van der Waals surface area contributed by atoms with Crippen molar-refractivity contribution in [2.75, 3.05) is 0 Å². The van der Waals surface area contributed by atoms with E-state index >= 15 is 0 Å². The van der Waals surface area contributed by atoms with Gasteiger partial charge in [0.05, 0.1) is 5.56 Å². The van der Waals surface area contributed by atoms with Crippen LogP contribution in [0.15, 0.2) is 97.1 Å². The molecule has 5 aromatic carbocycles. The van der Waals surface area contributed by atoms with Crippen LogP contribution in [0.25, 0.3) is 32.7 Å². The number of benzene rings is 5. The molecular weight excluding hydrogens is 368 g/mol. The minimum absolute atomic E-state index is 0.0364. The molecule has 144 valence electrons. The smallest absolute Gasteiger partial charge is 0.153 e. The highest BCUT2D eigenvalue weighted by molar-refractivity contribution is 6.11. The first-order valence-electron chi connectivity index (χ1n) is 10.0. The Hall–Kier alpha value is -3.91. The molecule has 0 spiro atoms. The third kappa shape index (κ3) is 3.03. The number of aldehydes is 1. The Bertz CT molecular complexity index is 1380. The number of phenolic OH excluding ortho intramolecular Hbond substituents is 1. The third-order valence-corrected chi connectivity index (χ3v) is 5.68. The van der Waals surface area contributed by atoms with E-state index in [1.165, 1.54) is 5.56 Å². The minimum Gasteiger partial charge on any atom is -0.507 e. The first kappa shape index (κ1) is 18.1. The van der Waals surface area contributed by atoms with Crippen molar-refractivity contribution in [3.63, 3.8) is 0 Å². The molecule has 0 aliphatic carbocycles. The zero-order valence-corrected chi connectivity index (χ0v) is 16.4. The Morgan fingerprint density at radius 2 is 1.30 bits per heavy atom. The van der Waals surface area contributed by atoms with Gasteiger partial charge in [-0.2, -0.15) is 0 Å². The second-order valence-electron chi connectivity index (χ2n) is 7.51. The lowest BCUT2D eigenvalue weighted by Crippen LogP contribution is -1.97. The van der Waals surface area contributed by atoms with E-state index in [1.54, 1.807) is 6.07 Å². The van der Waals surface area contributed by atoms with Crippen molar-refractivity contribution in [1.82, 2.24) is 0 Å². The summed E-state index contributed by atoms with van der Waals surface area (Å²) in [6.07, 6.45) is 1.47. The monoisotopic (exact) mass is 388 g/mol. The van der Waals surface area contributed by atoms with Crippen molar-refractivity contribution in [2.24, 2.45) is 0 Å². The Labute approximate surface area is 175 Å². The molecule has 5 rings (SSSR count). The van der Waals surface area contributed by atoms with Crippen LogP contribution in [0.5, 0.6) is 5.75 Å². The first-order chi connectivity index (χ1) is 14.8. The summed E-state index contributed by atoms with van der Waals surface area (Å²) >= 11 is 0. The average molecular weight is 388 g/mol. The Morgan fingerprint density at radius 3 is 2.03 bits per heavy atom. The maximum Gasteiger partial charge on any atom is 0.153 e. The highest BCUT2D eigenvalue weighted by atomic mass is 16.3. The summed E-state index contributed by atoms with van der Waals surface area (Å²) in [4.78, 5) is 11.7. The molecule has 0 atom stereocenters. The van der Waals surface area contributed by atoms with Crippen molar-refractivity contribution in [1.29, 1.82) is 0 Å². The summed E-state index contributed by atoms with van der Waals surface area (Å²) in [5.41, 5.74) is 4.32. The zero-order chi connectivity index (χ0) is 20.5. The number of phenols is 1. The molecule has 2 heteroatoms. The SMILES string of the molecule is O=Cc1cc2ccccc2c(-c2c(Cc3ccccc3)ccc3ccccc23)c1O. The molecule has 0 aromatic heterocycles. The van der Waals surface area contributed by atoms with Crippen molar-refractivity contribution >= 4 is 27.8 Å². The van der Waals surface area contributed by atoms with Gasteiger partial charge in [-0.15, -0.1) is 0 Å². The molecule has 0 saturated heterocycles. The second kappa shape index (κ2) is 7.49. The van der Waals surface area contributed by atoms with E-state index in [4.69, 9.17) is 0 Å². The van der Waals surface area contributed by atoms with Gasteiger partial charge in [-0.05, 0) is 50.7 Å². The summed E-state index contributed by atoms with van der Waals surface area (Å²) in [5, 5.41) is 15.2. The maximum absolute atomic E-state index is 11.7. The first-order valence-corrected chi connectivity index (χ1v) is 10.0. The minimum atomic E-state index is 0.0364. The van der Waals surface area contributed by atoms with Gasteiger partial charge in [0, 0.05) is 5.56 Å². The highest BCUT2D eigenvalue weighted by Gasteiger charge is 2.19. The topological polar surface area (TPSA) is 37.3 Å². The van der Waals surface area contributed by atoms with E-state index < -0.39 is 0 Å². The second-order valence-corrected chi connectivity index (χ2v) is 7.51. The number of aromatic hydroxyl groups is 1. The van der Waals surface area contributed by atoms with Crippen LogP contribution < -0.4 is 0 Å².